The van der Waals surface area contributed by atoms with Crippen LogP contribution in [0.4, 0.5) is 0 Å². The summed E-state index contributed by atoms with van der Waals surface area (Å²) in [6.45, 7) is 3.69. The summed E-state index contributed by atoms with van der Waals surface area (Å²) in [6, 6.07) is -0.569. The molecule has 1 aromatic rings. The van der Waals surface area contributed by atoms with Crippen LogP contribution in [0.3, 0.4) is 0 Å². The predicted molar refractivity (Wildman–Crippen MR) is 41.5 cm³/mol. The van der Waals surface area contributed by atoms with Crippen LogP contribution in [0.1, 0.15) is 19.9 Å². The summed E-state index contributed by atoms with van der Waals surface area (Å²) in [5.74, 6) is -0.830. The highest BCUT2D eigenvalue weighted by molar-refractivity contribution is 5.72. The van der Waals surface area contributed by atoms with Crippen molar-refractivity contribution in [3.8, 4) is 0 Å². The summed E-state index contributed by atoms with van der Waals surface area (Å²) in [5, 5.41) is 16.0. The largest absolute Gasteiger partial charge is 0.480 e. The minimum atomic E-state index is -0.857. The number of hydrogen-bond donors (Lipinski definition) is 1. The fourth-order valence-corrected chi connectivity index (χ4v) is 1.11. The number of carboxylic acids is 1. The van der Waals surface area contributed by atoms with Gasteiger partial charge in [0.15, 0.2) is 0 Å². The van der Waals surface area contributed by atoms with Gasteiger partial charge in [0, 0.05) is 0 Å². The molecule has 0 saturated carbocycles. The van der Waals surface area contributed by atoms with Crippen molar-refractivity contribution < 1.29 is 9.90 Å². The van der Waals surface area contributed by atoms with Crippen LogP contribution in [0.2, 0.25) is 0 Å². The standard InChI is InChI=1S/C7H11N3O2/c1-5(2)6(7(11)12)10-3-8-9-4-10/h3-6H,1-2H3,(H,11,12). The van der Waals surface area contributed by atoms with E-state index in [1.54, 1.807) is 0 Å². The first-order valence-electron chi connectivity index (χ1n) is 3.70. The molecule has 5 heteroatoms. The van der Waals surface area contributed by atoms with E-state index >= 15 is 0 Å². The Balaban J connectivity index is 2.88. The molecule has 66 valence electrons. The van der Waals surface area contributed by atoms with E-state index < -0.39 is 12.0 Å². The third kappa shape index (κ3) is 1.61. The average molecular weight is 169 g/mol. The molecule has 1 heterocycles. The molecule has 0 aromatic carbocycles. The van der Waals surface area contributed by atoms with Crippen LogP contribution in [0, 0.1) is 5.92 Å². The van der Waals surface area contributed by atoms with Crippen LogP contribution >= 0.6 is 0 Å². The maximum absolute atomic E-state index is 10.8. The van der Waals surface area contributed by atoms with E-state index in [9.17, 15) is 4.79 Å². The monoisotopic (exact) mass is 169 g/mol. The first-order chi connectivity index (χ1) is 5.63. The summed E-state index contributed by atoms with van der Waals surface area (Å²) in [5.41, 5.74) is 0. The predicted octanol–water partition coefficient (Wildman–Crippen LogP) is 0.560. The second-order valence-corrected chi connectivity index (χ2v) is 2.94. The van der Waals surface area contributed by atoms with Crippen molar-refractivity contribution in [1.82, 2.24) is 14.8 Å². The van der Waals surface area contributed by atoms with E-state index in [0.29, 0.717) is 0 Å². The molecule has 0 aliphatic carbocycles. The van der Waals surface area contributed by atoms with E-state index in [1.807, 2.05) is 13.8 Å². The Morgan fingerprint density at radius 3 is 2.25 bits per heavy atom. The molecule has 5 nitrogen and oxygen atoms in total. The Morgan fingerprint density at radius 1 is 1.42 bits per heavy atom. The summed E-state index contributed by atoms with van der Waals surface area (Å²) in [7, 11) is 0. The van der Waals surface area contributed by atoms with Gasteiger partial charge in [-0.15, -0.1) is 10.2 Å². The zero-order valence-corrected chi connectivity index (χ0v) is 7.01. The number of hydrogen-bond acceptors (Lipinski definition) is 3. The quantitative estimate of drug-likeness (QED) is 0.717. The van der Waals surface area contributed by atoms with Crippen LogP contribution in [0.25, 0.3) is 0 Å². The molecule has 1 atom stereocenters. The first kappa shape index (κ1) is 8.70. The topological polar surface area (TPSA) is 68.0 Å². The van der Waals surface area contributed by atoms with Crippen molar-refractivity contribution in [3.05, 3.63) is 12.7 Å². The lowest BCUT2D eigenvalue weighted by Crippen LogP contribution is -2.22. The molecule has 0 saturated heterocycles. The minimum absolute atomic E-state index is 0.0264. The molecule has 0 amide bonds. The highest BCUT2D eigenvalue weighted by Crippen LogP contribution is 2.16. The van der Waals surface area contributed by atoms with Crippen molar-refractivity contribution in [2.75, 3.05) is 0 Å². The van der Waals surface area contributed by atoms with Gasteiger partial charge in [-0.3, -0.25) is 0 Å². The molecule has 12 heavy (non-hydrogen) atoms. The fourth-order valence-electron chi connectivity index (χ4n) is 1.11. The van der Waals surface area contributed by atoms with Gasteiger partial charge in [-0.25, -0.2) is 4.79 Å². The van der Waals surface area contributed by atoms with Crippen LogP contribution in [-0.2, 0) is 4.79 Å². The van der Waals surface area contributed by atoms with Gasteiger partial charge in [0.05, 0.1) is 0 Å². The van der Waals surface area contributed by atoms with Crippen molar-refractivity contribution in [2.24, 2.45) is 5.92 Å². The average Bonchev–Trinajstić information content (AvgIpc) is 2.37. The number of nitrogens with zero attached hydrogens (tertiary/aromatic N) is 3. The number of aromatic nitrogens is 3. The summed E-state index contributed by atoms with van der Waals surface area (Å²) >= 11 is 0. The van der Waals surface area contributed by atoms with Gasteiger partial charge in [0.25, 0.3) is 0 Å². The molecular formula is C7H11N3O2. The molecular weight excluding hydrogens is 158 g/mol. The molecule has 0 bridgehead atoms. The Bertz CT molecular complexity index is 256. The Labute approximate surface area is 70.0 Å². The van der Waals surface area contributed by atoms with E-state index in [4.69, 9.17) is 5.11 Å². The van der Waals surface area contributed by atoms with Crippen LogP contribution in [0.15, 0.2) is 12.7 Å². The fraction of sp³-hybridized carbons (Fsp3) is 0.571. The molecule has 1 N–H and O–H groups in total. The van der Waals surface area contributed by atoms with Crippen molar-refractivity contribution in [1.29, 1.82) is 0 Å². The van der Waals surface area contributed by atoms with Crippen LogP contribution in [0.5, 0.6) is 0 Å². The Morgan fingerprint density at radius 2 is 1.92 bits per heavy atom. The van der Waals surface area contributed by atoms with E-state index in [0.717, 1.165) is 0 Å². The number of carboxylic acid groups (broad SMARTS) is 1. The molecule has 0 spiro atoms. The smallest absolute Gasteiger partial charge is 0.327 e. The molecule has 0 aliphatic heterocycles. The van der Waals surface area contributed by atoms with Crippen molar-refractivity contribution in [3.63, 3.8) is 0 Å². The van der Waals surface area contributed by atoms with Gasteiger partial charge in [-0.05, 0) is 5.92 Å². The first-order valence-corrected chi connectivity index (χ1v) is 3.70. The Kier molecular flexibility index (Phi) is 2.42. The molecule has 1 aromatic heterocycles. The minimum Gasteiger partial charge on any atom is -0.480 e. The summed E-state index contributed by atoms with van der Waals surface area (Å²) in [6.07, 6.45) is 2.83. The number of rotatable bonds is 3. The molecule has 1 unspecified atom stereocenters. The number of aliphatic carboxylic acids is 1. The van der Waals surface area contributed by atoms with Crippen molar-refractivity contribution in [2.45, 2.75) is 19.9 Å². The highest BCUT2D eigenvalue weighted by atomic mass is 16.4. The second kappa shape index (κ2) is 3.34. The van der Waals surface area contributed by atoms with Crippen molar-refractivity contribution >= 4 is 5.97 Å². The molecule has 0 aliphatic rings. The Hall–Kier alpha value is -1.39. The lowest BCUT2D eigenvalue weighted by Gasteiger charge is -2.16. The summed E-state index contributed by atoms with van der Waals surface area (Å²) in [4.78, 5) is 10.8. The molecule has 0 fully saturated rings. The lowest BCUT2D eigenvalue weighted by atomic mass is 10.1. The summed E-state index contributed by atoms with van der Waals surface area (Å²) < 4.78 is 1.49. The maximum atomic E-state index is 10.8. The van der Waals surface area contributed by atoms with Gasteiger partial charge >= 0.3 is 5.97 Å². The highest BCUT2D eigenvalue weighted by Gasteiger charge is 2.22. The van der Waals surface area contributed by atoms with E-state index in [-0.39, 0.29) is 5.92 Å². The van der Waals surface area contributed by atoms with Crippen LogP contribution < -0.4 is 0 Å². The third-order valence-electron chi connectivity index (χ3n) is 1.64. The lowest BCUT2D eigenvalue weighted by molar-refractivity contribution is -0.142. The van der Waals surface area contributed by atoms with E-state index in [1.165, 1.54) is 17.2 Å². The third-order valence-corrected chi connectivity index (χ3v) is 1.64. The van der Waals surface area contributed by atoms with Gasteiger partial charge in [0.1, 0.15) is 18.7 Å². The maximum Gasteiger partial charge on any atom is 0.327 e. The number of carbonyl (C=O) groups is 1. The van der Waals surface area contributed by atoms with Gasteiger partial charge < -0.3 is 9.67 Å². The van der Waals surface area contributed by atoms with Gasteiger partial charge in [0.2, 0.25) is 0 Å². The SMILES string of the molecule is CC(C)C(C(=O)O)n1cnnc1. The van der Waals surface area contributed by atoms with Crippen LogP contribution in [-0.4, -0.2) is 25.8 Å². The molecule has 1 rings (SSSR count). The van der Waals surface area contributed by atoms with Gasteiger partial charge in [-0.2, -0.15) is 0 Å². The normalized spacial score (nSPS) is 13.2. The second-order valence-electron chi connectivity index (χ2n) is 2.94. The zero-order valence-electron chi connectivity index (χ0n) is 7.01. The van der Waals surface area contributed by atoms with Gasteiger partial charge in [-0.1, -0.05) is 13.8 Å². The molecule has 0 radical (unpaired) electrons. The zero-order chi connectivity index (χ0) is 9.14. The van der Waals surface area contributed by atoms with E-state index in [2.05, 4.69) is 10.2 Å².